The molecule has 8 heteroatoms. The smallest absolute Gasteiger partial charge is 0.319 e. The number of sulfonamides is 1. The number of amides is 2. The Balaban J connectivity index is 1.79. The van der Waals surface area contributed by atoms with E-state index in [0.29, 0.717) is 38.2 Å². The predicted molar refractivity (Wildman–Crippen MR) is 89.2 cm³/mol. The van der Waals surface area contributed by atoms with Crippen molar-refractivity contribution >= 4 is 21.7 Å². The van der Waals surface area contributed by atoms with Gasteiger partial charge < -0.3 is 15.4 Å². The zero-order valence-electron chi connectivity index (χ0n) is 13.4. The summed E-state index contributed by atoms with van der Waals surface area (Å²) in [4.78, 5) is 12.0. The predicted octanol–water partition coefficient (Wildman–Crippen LogP) is 1.63. The maximum Gasteiger partial charge on any atom is 0.319 e. The van der Waals surface area contributed by atoms with Crippen LogP contribution in [0.5, 0.6) is 5.75 Å². The van der Waals surface area contributed by atoms with Crippen molar-refractivity contribution in [1.82, 2.24) is 9.62 Å². The molecule has 0 radical (unpaired) electrons. The molecule has 0 bridgehead atoms. The quantitative estimate of drug-likeness (QED) is 0.852. The number of carbonyl (C=O) groups is 1. The fraction of sp³-hybridized carbons (Fsp3) is 0.533. The monoisotopic (exact) mass is 341 g/mol. The van der Waals surface area contributed by atoms with E-state index in [1.165, 1.54) is 10.6 Å². The van der Waals surface area contributed by atoms with Crippen molar-refractivity contribution in [2.75, 3.05) is 31.3 Å². The van der Waals surface area contributed by atoms with Gasteiger partial charge in [-0.25, -0.2) is 17.5 Å². The molecule has 128 valence electrons. The van der Waals surface area contributed by atoms with Gasteiger partial charge in [0, 0.05) is 24.8 Å². The highest BCUT2D eigenvalue weighted by Crippen LogP contribution is 2.16. The molecule has 1 aromatic carbocycles. The molecule has 0 atom stereocenters. The van der Waals surface area contributed by atoms with E-state index in [1.54, 1.807) is 24.3 Å². The van der Waals surface area contributed by atoms with Gasteiger partial charge in [0.25, 0.3) is 0 Å². The highest BCUT2D eigenvalue weighted by molar-refractivity contribution is 7.88. The average Bonchev–Trinajstić information content (AvgIpc) is 2.49. The minimum Gasteiger partial charge on any atom is -0.494 e. The molecule has 23 heavy (non-hydrogen) atoms. The standard InChI is InChI=1S/C15H23N3O4S/c1-3-22-14-6-4-12(5-7-14)16-15(19)17-13-8-10-18(11-9-13)23(2,20)21/h4-7,13H,3,8-11H2,1-2H3,(H2,16,17,19). The van der Waals surface area contributed by atoms with Gasteiger partial charge in [-0.3, -0.25) is 0 Å². The Morgan fingerprint density at radius 1 is 1.26 bits per heavy atom. The van der Waals surface area contributed by atoms with Crippen molar-refractivity contribution < 1.29 is 17.9 Å². The molecule has 1 aliphatic heterocycles. The van der Waals surface area contributed by atoms with E-state index >= 15 is 0 Å². The van der Waals surface area contributed by atoms with Crippen LogP contribution in [-0.4, -0.2) is 50.7 Å². The Morgan fingerprint density at radius 3 is 2.39 bits per heavy atom. The number of urea groups is 1. The number of piperidine rings is 1. The number of benzene rings is 1. The number of rotatable bonds is 5. The first-order valence-electron chi connectivity index (χ1n) is 7.64. The van der Waals surface area contributed by atoms with Crippen molar-refractivity contribution in [1.29, 1.82) is 0 Å². The Kier molecular flexibility index (Phi) is 5.84. The summed E-state index contributed by atoms with van der Waals surface area (Å²) in [5.41, 5.74) is 0.680. The van der Waals surface area contributed by atoms with Crippen molar-refractivity contribution in [3.63, 3.8) is 0 Å². The minimum atomic E-state index is -3.14. The van der Waals surface area contributed by atoms with Crippen molar-refractivity contribution in [2.45, 2.75) is 25.8 Å². The lowest BCUT2D eigenvalue weighted by Gasteiger charge is -2.30. The minimum absolute atomic E-state index is 0.0179. The van der Waals surface area contributed by atoms with E-state index < -0.39 is 10.0 Å². The third-order valence-corrected chi connectivity index (χ3v) is 4.98. The summed E-state index contributed by atoms with van der Waals surface area (Å²) in [6.07, 6.45) is 2.44. The van der Waals surface area contributed by atoms with Crippen LogP contribution < -0.4 is 15.4 Å². The normalized spacial score (nSPS) is 16.8. The molecule has 1 aliphatic rings. The zero-order valence-corrected chi connectivity index (χ0v) is 14.2. The van der Waals surface area contributed by atoms with Crippen molar-refractivity contribution in [3.05, 3.63) is 24.3 Å². The number of carbonyl (C=O) groups excluding carboxylic acids is 1. The molecule has 0 spiro atoms. The molecule has 0 unspecified atom stereocenters. The lowest BCUT2D eigenvalue weighted by atomic mass is 10.1. The summed E-state index contributed by atoms with van der Waals surface area (Å²) in [6, 6.07) is 6.84. The SMILES string of the molecule is CCOc1ccc(NC(=O)NC2CCN(S(C)(=O)=O)CC2)cc1. The Bertz CT molecular complexity index is 623. The van der Waals surface area contributed by atoms with Crippen LogP contribution in [0.3, 0.4) is 0 Å². The van der Waals surface area contributed by atoms with Crippen LogP contribution >= 0.6 is 0 Å². The third-order valence-electron chi connectivity index (χ3n) is 3.68. The van der Waals surface area contributed by atoms with Gasteiger partial charge in [0.05, 0.1) is 12.9 Å². The van der Waals surface area contributed by atoms with E-state index in [4.69, 9.17) is 4.74 Å². The lowest BCUT2D eigenvalue weighted by Crippen LogP contribution is -2.47. The summed E-state index contributed by atoms with van der Waals surface area (Å²) in [7, 11) is -3.14. The lowest BCUT2D eigenvalue weighted by molar-refractivity contribution is 0.238. The first kappa shape index (κ1) is 17.6. The number of hydrogen-bond acceptors (Lipinski definition) is 4. The zero-order chi connectivity index (χ0) is 16.9. The molecule has 2 N–H and O–H groups in total. The second-order valence-corrected chi connectivity index (χ2v) is 7.47. The van der Waals surface area contributed by atoms with E-state index in [9.17, 15) is 13.2 Å². The Labute approximate surface area is 137 Å². The van der Waals surface area contributed by atoms with Gasteiger partial charge >= 0.3 is 6.03 Å². The summed E-state index contributed by atoms with van der Waals surface area (Å²) in [6.45, 7) is 3.38. The number of nitrogens with zero attached hydrogens (tertiary/aromatic N) is 1. The number of ether oxygens (including phenoxy) is 1. The maximum absolute atomic E-state index is 12.0. The Morgan fingerprint density at radius 2 is 1.87 bits per heavy atom. The molecule has 7 nitrogen and oxygen atoms in total. The van der Waals surface area contributed by atoms with Crippen molar-refractivity contribution in [3.8, 4) is 5.75 Å². The molecular weight excluding hydrogens is 318 g/mol. The molecule has 1 heterocycles. The van der Waals surface area contributed by atoms with Gasteiger partial charge in [0.1, 0.15) is 5.75 Å². The van der Waals surface area contributed by atoms with Gasteiger partial charge in [-0.1, -0.05) is 0 Å². The van der Waals surface area contributed by atoms with E-state index in [2.05, 4.69) is 10.6 Å². The van der Waals surface area contributed by atoms with Crippen LogP contribution in [-0.2, 0) is 10.0 Å². The van der Waals surface area contributed by atoms with Gasteiger partial charge in [-0.15, -0.1) is 0 Å². The number of hydrogen-bond donors (Lipinski definition) is 2. The molecule has 0 aliphatic carbocycles. The van der Waals surface area contributed by atoms with Gasteiger partial charge in [-0.2, -0.15) is 0 Å². The van der Waals surface area contributed by atoms with E-state index in [1.807, 2.05) is 6.92 Å². The summed E-state index contributed by atoms with van der Waals surface area (Å²) in [5, 5.41) is 5.64. The summed E-state index contributed by atoms with van der Waals surface area (Å²) < 4.78 is 29.7. The molecule has 0 saturated carbocycles. The number of anilines is 1. The molecule has 1 saturated heterocycles. The second-order valence-electron chi connectivity index (χ2n) is 5.49. The van der Waals surface area contributed by atoms with Gasteiger partial charge in [-0.05, 0) is 44.0 Å². The van der Waals surface area contributed by atoms with Crippen LogP contribution in [0, 0.1) is 0 Å². The summed E-state index contributed by atoms with van der Waals surface area (Å²) >= 11 is 0. The molecule has 0 aromatic heterocycles. The van der Waals surface area contributed by atoms with Crippen LogP contribution in [0.1, 0.15) is 19.8 Å². The molecule has 2 rings (SSSR count). The topological polar surface area (TPSA) is 87.7 Å². The first-order chi connectivity index (χ1) is 10.9. The molecule has 1 aromatic rings. The third kappa shape index (κ3) is 5.40. The number of nitrogens with one attached hydrogen (secondary N) is 2. The van der Waals surface area contributed by atoms with Crippen LogP contribution in [0.4, 0.5) is 10.5 Å². The van der Waals surface area contributed by atoms with E-state index in [0.717, 1.165) is 5.75 Å². The van der Waals surface area contributed by atoms with Crippen LogP contribution in [0.25, 0.3) is 0 Å². The second kappa shape index (κ2) is 7.65. The van der Waals surface area contributed by atoms with Gasteiger partial charge in [0.15, 0.2) is 0 Å². The maximum atomic E-state index is 12.0. The van der Waals surface area contributed by atoms with Crippen molar-refractivity contribution in [2.24, 2.45) is 0 Å². The average molecular weight is 341 g/mol. The van der Waals surface area contributed by atoms with E-state index in [-0.39, 0.29) is 12.1 Å². The van der Waals surface area contributed by atoms with Gasteiger partial charge in [0.2, 0.25) is 10.0 Å². The largest absolute Gasteiger partial charge is 0.494 e. The first-order valence-corrected chi connectivity index (χ1v) is 9.49. The van der Waals surface area contributed by atoms with Crippen LogP contribution in [0.15, 0.2) is 24.3 Å². The summed E-state index contributed by atoms with van der Waals surface area (Å²) in [5.74, 6) is 0.756. The molecule has 1 fully saturated rings. The highest BCUT2D eigenvalue weighted by atomic mass is 32.2. The van der Waals surface area contributed by atoms with Crippen LogP contribution in [0.2, 0.25) is 0 Å². The molecular formula is C15H23N3O4S. The highest BCUT2D eigenvalue weighted by Gasteiger charge is 2.25. The Hall–Kier alpha value is -1.80. The fourth-order valence-electron chi connectivity index (χ4n) is 2.49. The molecule has 2 amide bonds. The fourth-order valence-corrected chi connectivity index (χ4v) is 3.36.